The maximum absolute atomic E-state index is 13.4. The summed E-state index contributed by atoms with van der Waals surface area (Å²) in [6.45, 7) is 0. The first kappa shape index (κ1) is 20.8. The number of aromatic nitrogens is 1. The van der Waals surface area contributed by atoms with Gasteiger partial charge in [-0.2, -0.15) is 0 Å². The average molecular weight is 437 g/mol. The number of fused-ring (bicyclic) bond motifs is 1. The van der Waals surface area contributed by atoms with Crippen molar-refractivity contribution in [3.8, 4) is 11.3 Å². The SMILES string of the molecule is CS(=O)(=O)c1ccc(NC(=O)CCc2c(-c3ccc(F)cc3)[nH]c3ccccc23)cc1. The Morgan fingerprint density at radius 1 is 0.968 bits per heavy atom. The number of rotatable bonds is 6. The number of H-pyrrole nitrogens is 1. The highest BCUT2D eigenvalue weighted by molar-refractivity contribution is 7.90. The molecule has 158 valence electrons. The number of carbonyl (C=O) groups is 1. The quantitative estimate of drug-likeness (QED) is 0.449. The van der Waals surface area contributed by atoms with Crippen molar-refractivity contribution in [3.05, 3.63) is 84.2 Å². The van der Waals surface area contributed by atoms with E-state index in [1.54, 1.807) is 24.3 Å². The van der Waals surface area contributed by atoms with Crippen LogP contribution in [0.5, 0.6) is 0 Å². The third-order valence-corrected chi connectivity index (χ3v) is 6.24. The lowest BCUT2D eigenvalue weighted by molar-refractivity contribution is -0.116. The Morgan fingerprint density at radius 2 is 1.65 bits per heavy atom. The lowest BCUT2D eigenvalue weighted by Gasteiger charge is -2.08. The van der Waals surface area contributed by atoms with E-state index in [1.165, 1.54) is 24.3 Å². The standard InChI is InChI=1S/C24H21FN2O3S/c1-31(29,30)19-12-10-18(11-13-19)26-23(28)15-14-21-20-4-2-3-5-22(20)27-24(21)16-6-8-17(25)9-7-16/h2-13,27H,14-15H2,1H3,(H,26,28). The number of aromatic amines is 1. The molecule has 4 aromatic rings. The predicted molar refractivity (Wildman–Crippen MR) is 120 cm³/mol. The molecule has 7 heteroatoms. The van der Waals surface area contributed by atoms with Crippen LogP contribution in [0, 0.1) is 5.82 Å². The van der Waals surface area contributed by atoms with Gasteiger partial charge < -0.3 is 10.3 Å². The van der Waals surface area contributed by atoms with E-state index in [0.29, 0.717) is 12.1 Å². The number of halogens is 1. The Kier molecular flexibility index (Phi) is 5.61. The van der Waals surface area contributed by atoms with E-state index in [-0.39, 0.29) is 23.0 Å². The molecule has 0 aliphatic carbocycles. The molecule has 4 rings (SSSR count). The molecule has 2 N–H and O–H groups in total. The van der Waals surface area contributed by atoms with Gasteiger partial charge in [0.1, 0.15) is 5.82 Å². The van der Waals surface area contributed by atoms with Crippen LogP contribution in [0.2, 0.25) is 0 Å². The molecular formula is C24H21FN2O3S. The summed E-state index contributed by atoms with van der Waals surface area (Å²) < 4.78 is 36.5. The van der Waals surface area contributed by atoms with Crippen molar-refractivity contribution in [3.63, 3.8) is 0 Å². The van der Waals surface area contributed by atoms with Gasteiger partial charge in [-0.05, 0) is 72.1 Å². The van der Waals surface area contributed by atoms with Crippen molar-refractivity contribution in [2.24, 2.45) is 0 Å². The van der Waals surface area contributed by atoms with Crippen LogP contribution >= 0.6 is 0 Å². The maximum Gasteiger partial charge on any atom is 0.224 e. The minimum atomic E-state index is -3.28. The van der Waals surface area contributed by atoms with Gasteiger partial charge in [0.05, 0.1) is 4.90 Å². The van der Waals surface area contributed by atoms with Gasteiger partial charge in [-0.25, -0.2) is 12.8 Å². The van der Waals surface area contributed by atoms with Crippen LogP contribution in [0.1, 0.15) is 12.0 Å². The van der Waals surface area contributed by atoms with Crippen LogP contribution in [0.15, 0.2) is 77.7 Å². The fourth-order valence-corrected chi connectivity index (χ4v) is 4.20. The van der Waals surface area contributed by atoms with E-state index in [9.17, 15) is 17.6 Å². The van der Waals surface area contributed by atoms with Crippen LogP contribution in [-0.4, -0.2) is 25.6 Å². The molecule has 0 aliphatic heterocycles. The first-order valence-electron chi connectivity index (χ1n) is 9.77. The molecule has 1 amide bonds. The van der Waals surface area contributed by atoms with E-state index in [1.807, 2.05) is 24.3 Å². The van der Waals surface area contributed by atoms with E-state index in [0.717, 1.165) is 34.0 Å². The van der Waals surface area contributed by atoms with Crippen molar-refractivity contribution in [1.82, 2.24) is 4.98 Å². The third kappa shape index (κ3) is 4.67. The Balaban J connectivity index is 1.54. The Hall–Kier alpha value is -3.45. The number of hydrogen-bond donors (Lipinski definition) is 2. The van der Waals surface area contributed by atoms with Gasteiger partial charge >= 0.3 is 0 Å². The van der Waals surface area contributed by atoms with E-state index in [2.05, 4.69) is 10.3 Å². The molecule has 0 atom stereocenters. The first-order chi connectivity index (χ1) is 14.8. The maximum atomic E-state index is 13.4. The molecular weight excluding hydrogens is 415 g/mol. The number of amides is 1. The molecule has 5 nitrogen and oxygen atoms in total. The zero-order valence-corrected chi connectivity index (χ0v) is 17.7. The van der Waals surface area contributed by atoms with Crippen LogP contribution in [0.3, 0.4) is 0 Å². The molecule has 0 radical (unpaired) electrons. The molecule has 1 aromatic heterocycles. The number of aryl methyl sites for hydroxylation is 1. The largest absolute Gasteiger partial charge is 0.354 e. The van der Waals surface area contributed by atoms with Gasteiger partial charge in [0.25, 0.3) is 0 Å². The molecule has 0 unspecified atom stereocenters. The number of benzene rings is 3. The van der Waals surface area contributed by atoms with Gasteiger partial charge in [0, 0.05) is 35.0 Å². The van der Waals surface area contributed by atoms with Gasteiger partial charge in [0.15, 0.2) is 9.84 Å². The van der Waals surface area contributed by atoms with Crippen molar-refractivity contribution >= 4 is 32.3 Å². The lowest BCUT2D eigenvalue weighted by atomic mass is 10.0. The number of hydrogen-bond acceptors (Lipinski definition) is 3. The minimum Gasteiger partial charge on any atom is -0.354 e. The van der Waals surface area contributed by atoms with Gasteiger partial charge in [-0.1, -0.05) is 18.2 Å². The summed E-state index contributed by atoms with van der Waals surface area (Å²) in [6.07, 6.45) is 1.87. The zero-order valence-electron chi connectivity index (χ0n) is 16.9. The van der Waals surface area contributed by atoms with E-state index >= 15 is 0 Å². The summed E-state index contributed by atoms with van der Waals surface area (Å²) in [7, 11) is -3.28. The highest BCUT2D eigenvalue weighted by Gasteiger charge is 2.15. The summed E-state index contributed by atoms with van der Waals surface area (Å²) in [5.74, 6) is -0.481. The molecule has 0 saturated heterocycles. The summed E-state index contributed by atoms with van der Waals surface area (Å²) in [6, 6.07) is 20.2. The summed E-state index contributed by atoms with van der Waals surface area (Å²) in [4.78, 5) is 16.1. The summed E-state index contributed by atoms with van der Waals surface area (Å²) >= 11 is 0. The van der Waals surface area contributed by atoms with Crippen LogP contribution < -0.4 is 5.32 Å². The Labute approximate surface area is 179 Å². The molecule has 31 heavy (non-hydrogen) atoms. The van der Waals surface area contributed by atoms with Crippen molar-refractivity contribution < 1.29 is 17.6 Å². The summed E-state index contributed by atoms with van der Waals surface area (Å²) in [5, 5.41) is 3.82. The lowest BCUT2D eigenvalue weighted by Crippen LogP contribution is -2.12. The second-order valence-corrected chi connectivity index (χ2v) is 9.39. The van der Waals surface area contributed by atoms with Gasteiger partial charge in [-0.3, -0.25) is 4.79 Å². The monoisotopic (exact) mass is 436 g/mol. The Bertz CT molecular complexity index is 1340. The van der Waals surface area contributed by atoms with Crippen molar-refractivity contribution in [2.75, 3.05) is 11.6 Å². The van der Waals surface area contributed by atoms with Crippen LogP contribution in [0.25, 0.3) is 22.2 Å². The molecule has 0 spiro atoms. The predicted octanol–water partition coefficient (Wildman–Crippen LogP) is 4.95. The second kappa shape index (κ2) is 8.35. The van der Waals surface area contributed by atoms with E-state index < -0.39 is 9.84 Å². The van der Waals surface area contributed by atoms with Crippen LogP contribution in [0.4, 0.5) is 10.1 Å². The fraction of sp³-hybridized carbons (Fsp3) is 0.125. The second-order valence-electron chi connectivity index (χ2n) is 7.38. The van der Waals surface area contributed by atoms with Gasteiger partial charge in [-0.15, -0.1) is 0 Å². The van der Waals surface area contributed by atoms with Crippen LogP contribution in [-0.2, 0) is 21.1 Å². The zero-order chi connectivity index (χ0) is 22.0. The summed E-state index contributed by atoms with van der Waals surface area (Å²) in [5.41, 5.74) is 4.20. The fourth-order valence-electron chi connectivity index (χ4n) is 3.57. The molecule has 0 saturated carbocycles. The highest BCUT2D eigenvalue weighted by atomic mass is 32.2. The first-order valence-corrected chi connectivity index (χ1v) is 11.7. The molecule has 3 aromatic carbocycles. The molecule has 0 bridgehead atoms. The normalized spacial score (nSPS) is 11.5. The number of carbonyl (C=O) groups excluding carboxylic acids is 1. The number of para-hydroxylation sites is 1. The number of nitrogens with one attached hydrogen (secondary N) is 2. The van der Waals surface area contributed by atoms with E-state index in [4.69, 9.17) is 0 Å². The minimum absolute atomic E-state index is 0.178. The molecule has 0 aliphatic rings. The average Bonchev–Trinajstić information content (AvgIpc) is 3.11. The third-order valence-electron chi connectivity index (χ3n) is 5.11. The van der Waals surface area contributed by atoms with Crippen molar-refractivity contribution in [2.45, 2.75) is 17.7 Å². The highest BCUT2D eigenvalue weighted by Crippen LogP contribution is 2.31. The Morgan fingerprint density at radius 3 is 2.32 bits per heavy atom. The topological polar surface area (TPSA) is 79.0 Å². The van der Waals surface area contributed by atoms with Gasteiger partial charge in [0.2, 0.25) is 5.91 Å². The number of sulfone groups is 1. The number of anilines is 1. The molecule has 0 fully saturated rings. The smallest absolute Gasteiger partial charge is 0.224 e. The van der Waals surface area contributed by atoms with Crippen molar-refractivity contribution in [1.29, 1.82) is 0 Å². The molecule has 1 heterocycles.